The van der Waals surface area contributed by atoms with Gasteiger partial charge in [0.05, 0.1) is 11.9 Å². The summed E-state index contributed by atoms with van der Waals surface area (Å²) >= 11 is 1.50. The van der Waals surface area contributed by atoms with E-state index in [-0.39, 0.29) is 5.91 Å². The van der Waals surface area contributed by atoms with Crippen LogP contribution in [0.2, 0.25) is 0 Å². The van der Waals surface area contributed by atoms with Crippen molar-refractivity contribution in [2.45, 2.75) is 17.9 Å². The lowest BCUT2D eigenvalue weighted by Crippen LogP contribution is -2.23. The third-order valence-electron chi connectivity index (χ3n) is 2.22. The maximum atomic E-state index is 11.4. The summed E-state index contributed by atoms with van der Waals surface area (Å²) in [6.45, 7) is 1.73. The number of hydrogen-bond donors (Lipinski definition) is 1. The fourth-order valence-electron chi connectivity index (χ4n) is 1.12. The van der Waals surface area contributed by atoms with Gasteiger partial charge in [0, 0.05) is 19.0 Å². The lowest BCUT2D eigenvalue weighted by atomic mass is 10.1. The molecule has 1 amide bonds. The van der Waals surface area contributed by atoms with E-state index >= 15 is 0 Å². The Hall–Kier alpha value is -1.00. The third kappa shape index (κ3) is 3.87. The van der Waals surface area contributed by atoms with Crippen LogP contribution < -0.4 is 0 Å². The molecule has 0 spiro atoms. The molecule has 3 nitrogen and oxygen atoms in total. The van der Waals surface area contributed by atoms with E-state index in [1.54, 1.807) is 25.9 Å². The molecule has 16 heavy (non-hydrogen) atoms. The second-order valence-electron chi connectivity index (χ2n) is 3.82. The number of carbonyl (C=O) groups excluding carboxylic acids is 1. The van der Waals surface area contributed by atoms with Crippen LogP contribution in [-0.4, -0.2) is 35.8 Å². The highest BCUT2D eigenvalue weighted by molar-refractivity contribution is 8.00. The van der Waals surface area contributed by atoms with Crippen LogP contribution in [0.3, 0.4) is 0 Å². The standard InChI is InChI=1S/C12H17NO2S/c1-9(14)10-4-6-11(7-5-10)16-8-12(15)13(2)3/h4-7,9,14H,8H2,1-3H3/t9-/m1/s1. The first-order valence-electron chi connectivity index (χ1n) is 5.11. The van der Waals surface area contributed by atoms with Gasteiger partial charge in [-0.25, -0.2) is 0 Å². The molecule has 0 aliphatic carbocycles. The zero-order valence-corrected chi connectivity index (χ0v) is 10.6. The number of nitrogens with zero attached hydrogens (tertiary/aromatic N) is 1. The van der Waals surface area contributed by atoms with Gasteiger partial charge < -0.3 is 10.0 Å². The van der Waals surface area contributed by atoms with Crippen LogP contribution in [0.1, 0.15) is 18.6 Å². The normalized spacial score (nSPS) is 12.2. The average molecular weight is 239 g/mol. The summed E-state index contributed by atoms with van der Waals surface area (Å²) in [5, 5.41) is 9.34. The molecule has 1 rings (SSSR count). The van der Waals surface area contributed by atoms with Crippen LogP contribution in [0, 0.1) is 0 Å². The van der Waals surface area contributed by atoms with Gasteiger partial charge in [-0.05, 0) is 24.6 Å². The molecule has 0 saturated heterocycles. The van der Waals surface area contributed by atoms with Crippen molar-refractivity contribution in [1.82, 2.24) is 4.90 Å². The second-order valence-corrected chi connectivity index (χ2v) is 4.87. The van der Waals surface area contributed by atoms with E-state index < -0.39 is 6.10 Å². The molecule has 0 radical (unpaired) electrons. The largest absolute Gasteiger partial charge is 0.389 e. The van der Waals surface area contributed by atoms with Crippen molar-refractivity contribution in [1.29, 1.82) is 0 Å². The van der Waals surface area contributed by atoms with Crippen LogP contribution >= 0.6 is 11.8 Å². The predicted molar refractivity (Wildman–Crippen MR) is 66.5 cm³/mol. The Labute approximate surface area is 100 Å². The molecule has 0 aliphatic rings. The summed E-state index contributed by atoms with van der Waals surface area (Å²) in [4.78, 5) is 14.0. The van der Waals surface area contributed by atoms with Gasteiger partial charge in [-0.15, -0.1) is 11.8 Å². The Morgan fingerprint density at radius 2 is 1.94 bits per heavy atom. The molecule has 0 saturated carbocycles. The van der Waals surface area contributed by atoms with E-state index in [4.69, 9.17) is 0 Å². The summed E-state index contributed by atoms with van der Waals surface area (Å²) in [5.74, 6) is 0.547. The lowest BCUT2D eigenvalue weighted by molar-refractivity contribution is -0.125. The topological polar surface area (TPSA) is 40.5 Å². The average Bonchev–Trinajstić information content (AvgIpc) is 2.26. The molecule has 0 bridgehead atoms. The maximum Gasteiger partial charge on any atom is 0.232 e. The van der Waals surface area contributed by atoms with E-state index in [1.807, 2.05) is 24.3 Å². The van der Waals surface area contributed by atoms with Crippen molar-refractivity contribution in [3.8, 4) is 0 Å². The van der Waals surface area contributed by atoms with Gasteiger partial charge in [0.1, 0.15) is 0 Å². The first kappa shape index (κ1) is 13.1. The van der Waals surface area contributed by atoms with Crippen molar-refractivity contribution in [3.05, 3.63) is 29.8 Å². The monoisotopic (exact) mass is 239 g/mol. The molecule has 0 fully saturated rings. The summed E-state index contributed by atoms with van der Waals surface area (Å²) in [6.07, 6.45) is -0.442. The maximum absolute atomic E-state index is 11.4. The molecule has 0 aromatic heterocycles. The van der Waals surface area contributed by atoms with Crippen LogP contribution in [0.4, 0.5) is 0 Å². The molecule has 0 unspecified atom stereocenters. The first-order chi connectivity index (χ1) is 7.50. The number of aliphatic hydroxyl groups excluding tert-OH is 1. The van der Waals surface area contributed by atoms with Crippen molar-refractivity contribution in [2.24, 2.45) is 0 Å². The minimum absolute atomic E-state index is 0.101. The Kier molecular flexibility index (Phi) is 4.83. The summed E-state index contributed by atoms with van der Waals surface area (Å²) in [6, 6.07) is 7.62. The molecule has 1 N–H and O–H groups in total. The number of rotatable bonds is 4. The van der Waals surface area contributed by atoms with Gasteiger partial charge in [-0.2, -0.15) is 0 Å². The zero-order valence-electron chi connectivity index (χ0n) is 9.80. The number of amides is 1. The molecule has 4 heteroatoms. The Bertz CT molecular complexity index is 347. The minimum atomic E-state index is -0.442. The number of hydrogen-bond acceptors (Lipinski definition) is 3. The highest BCUT2D eigenvalue weighted by Gasteiger charge is 2.05. The quantitative estimate of drug-likeness (QED) is 0.816. The van der Waals surface area contributed by atoms with E-state index in [0.717, 1.165) is 10.5 Å². The van der Waals surface area contributed by atoms with Crippen molar-refractivity contribution in [2.75, 3.05) is 19.8 Å². The van der Waals surface area contributed by atoms with E-state index in [2.05, 4.69) is 0 Å². The van der Waals surface area contributed by atoms with Gasteiger partial charge in [0.2, 0.25) is 5.91 Å². The summed E-state index contributed by atoms with van der Waals surface area (Å²) < 4.78 is 0. The molecule has 88 valence electrons. The van der Waals surface area contributed by atoms with Crippen LogP contribution in [-0.2, 0) is 4.79 Å². The number of carbonyl (C=O) groups is 1. The lowest BCUT2D eigenvalue weighted by Gasteiger charge is -2.10. The highest BCUT2D eigenvalue weighted by Crippen LogP contribution is 2.21. The fourth-order valence-corrected chi connectivity index (χ4v) is 1.99. The fraction of sp³-hybridized carbons (Fsp3) is 0.417. The van der Waals surface area contributed by atoms with Crippen LogP contribution in [0.15, 0.2) is 29.2 Å². The molecule has 0 heterocycles. The third-order valence-corrected chi connectivity index (χ3v) is 3.22. The molecular weight excluding hydrogens is 222 g/mol. The molecule has 0 aliphatic heterocycles. The van der Waals surface area contributed by atoms with Gasteiger partial charge in [-0.1, -0.05) is 12.1 Å². The summed E-state index contributed by atoms with van der Waals surface area (Å²) in [5.41, 5.74) is 0.892. The van der Waals surface area contributed by atoms with E-state index in [1.165, 1.54) is 11.8 Å². The van der Waals surface area contributed by atoms with Gasteiger partial charge >= 0.3 is 0 Å². The van der Waals surface area contributed by atoms with Gasteiger partial charge in [0.15, 0.2) is 0 Å². The molecule has 1 aromatic rings. The Morgan fingerprint density at radius 3 is 2.38 bits per heavy atom. The Morgan fingerprint density at radius 1 is 1.38 bits per heavy atom. The molecular formula is C12H17NO2S. The van der Waals surface area contributed by atoms with Crippen LogP contribution in [0.5, 0.6) is 0 Å². The second kappa shape index (κ2) is 5.92. The van der Waals surface area contributed by atoms with E-state index in [0.29, 0.717) is 5.75 Å². The number of aliphatic hydroxyl groups is 1. The SMILES string of the molecule is C[C@@H](O)c1ccc(SCC(=O)N(C)C)cc1. The number of thioether (sulfide) groups is 1. The van der Waals surface area contributed by atoms with Crippen molar-refractivity contribution < 1.29 is 9.90 Å². The van der Waals surface area contributed by atoms with Crippen molar-refractivity contribution >= 4 is 17.7 Å². The minimum Gasteiger partial charge on any atom is -0.389 e. The zero-order chi connectivity index (χ0) is 12.1. The number of benzene rings is 1. The highest BCUT2D eigenvalue weighted by atomic mass is 32.2. The van der Waals surface area contributed by atoms with Gasteiger partial charge in [0.25, 0.3) is 0 Å². The first-order valence-corrected chi connectivity index (χ1v) is 6.10. The van der Waals surface area contributed by atoms with E-state index in [9.17, 15) is 9.90 Å². The van der Waals surface area contributed by atoms with Crippen LogP contribution in [0.25, 0.3) is 0 Å². The molecule has 1 aromatic carbocycles. The Balaban J connectivity index is 2.53. The predicted octanol–water partition coefficient (Wildman–Crippen LogP) is 1.92. The van der Waals surface area contributed by atoms with Gasteiger partial charge in [-0.3, -0.25) is 4.79 Å². The van der Waals surface area contributed by atoms with Crippen molar-refractivity contribution in [3.63, 3.8) is 0 Å². The summed E-state index contributed by atoms with van der Waals surface area (Å²) in [7, 11) is 3.50. The smallest absolute Gasteiger partial charge is 0.232 e. The molecule has 1 atom stereocenters.